The van der Waals surface area contributed by atoms with Crippen molar-refractivity contribution in [1.29, 1.82) is 0 Å². The third kappa shape index (κ3) is 15.0. The van der Waals surface area contributed by atoms with Gasteiger partial charge >= 0.3 is 12.1 Å². The maximum atomic E-state index is 13.5. The van der Waals surface area contributed by atoms with Crippen molar-refractivity contribution in [2.45, 2.75) is 104 Å². The molecular weight excluding hydrogens is 733 g/mol. The molecule has 0 fully saturated rings. The fraction of sp³-hybridized carbons (Fsp3) is 0.409. The van der Waals surface area contributed by atoms with E-state index in [1.54, 1.807) is 53.7 Å². The van der Waals surface area contributed by atoms with Gasteiger partial charge in [-0.2, -0.15) is 8.42 Å². The summed E-state index contributed by atoms with van der Waals surface area (Å²) in [7, 11) is -3.95. The topological polar surface area (TPSA) is 130 Å². The third-order valence-corrected chi connectivity index (χ3v) is 9.54. The Morgan fingerprint density at radius 3 is 1.88 bits per heavy atom. The third-order valence-electron chi connectivity index (χ3n) is 8.22. The fourth-order valence-electron chi connectivity index (χ4n) is 5.66. The van der Waals surface area contributed by atoms with Crippen LogP contribution in [0.4, 0.5) is 4.79 Å². The summed E-state index contributed by atoms with van der Waals surface area (Å²) in [4.78, 5) is 28.6. The highest BCUT2D eigenvalue weighted by molar-refractivity contribution is 7.86. The molecule has 0 aromatic heterocycles. The van der Waals surface area contributed by atoms with Crippen LogP contribution in [0.15, 0.2) is 102 Å². The molecule has 1 N–H and O–H groups in total. The van der Waals surface area contributed by atoms with Crippen molar-refractivity contribution < 1.29 is 41.1 Å². The van der Waals surface area contributed by atoms with Crippen LogP contribution in [0.1, 0.15) is 75.8 Å². The number of benzene rings is 4. The van der Waals surface area contributed by atoms with E-state index in [0.717, 1.165) is 27.8 Å². The highest BCUT2D eigenvalue weighted by Gasteiger charge is 2.29. The van der Waals surface area contributed by atoms with Gasteiger partial charge in [-0.25, -0.2) is 9.59 Å². The molecule has 56 heavy (non-hydrogen) atoms. The van der Waals surface area contributed by atoms with Gasteiger partial charge in [0.15, 0.2) is 0 Å². The van der Waals surface area contributed by atoms with Gasteiger partial charge in [0.25, 0.3) is 10.1 Å². The van der Waals surface area contributed by atoms with Gasteiger partial charge in [0.2, 0.25) is 0 Å². The smallest absolute Gasteiger partial charge is 0.408 e. The molecule has 4 rings (SSSR count). The highest BCUT2D eigenvalue weighted by Crippen LogP contribution is 2.26. The maximum Gasteiger partial charge on any atom is 0.408 e. The molecule has 0 aliphatic rings. The predicted octanol–water partition coefficient (Wildman–Crippen LogP) is 8.29. The predicted molar refractivity (Wildman–Crippen MR) is 216 cm³/mol. The van der Waals surface area contributed by atoms with E-state index in [-0.39, 0.29) is 24.5 Å². The number of aryl methyl sites for hydroxylation is 2. The van der Waals surface area contributed by atoms with Gasteiger partial charge in [-0.3, -0.25) is 9.08 Å². The van der Waals surface area contributed by atoms with Crippen molar-refractivity contribution in [3.8, 4) is 11.5 Å². The van der Waals surface area contributed by atoms with E-state index in [9.17, 15) is 18.0 Å². The first-order valence-electron chi connectivity index (χ1n) is 18.7. The summed E-state index contributed by atoms with van der Waals surface area (Å²) in [6, 6.07) is 28.9. The van der Waals surface area contributed by atoms with Gasteiger partial charge < -0.3 is 24.3 Å². The number of ether oxygens (including phenoxy) is 4. The van der Waals surface area contributed by atoms with Crippen LogP contribution in [0.25, 0.3) is 0 Å². The largest absolute Gasteiger partial charge is 0.491 e. The molecule has 4 aromatic rings. The number of nitrogens with one attached hydrogen (secondary N) is 1. The second-order valence-corrected chi connectivity index (χ2v) is 17.3. The zero-order valence-electron chi connectivity index (χ0n) is 33.8. The van der Waals surface area contributed by atoms with Gasteiger partial charge in [0.05, 0.1) is 4.90 Å². The average Bonchev–Trinajstić information content (AvgIpc) is 3.10. The van der Waals surface area contributed by atoms with E-state index >= 15 is 0 Å². The lowest BCUT2D eigenvalue weighted by molar-refractivity contribution is -0.157. The summed E-state index contributed by atoms with van der Waals surface area (Å²) < 4.78 is 54.4. The second kappa shape index (κ2) is 19.8. The number of alkyl carbamates (subject to hydrolysis) is 1. The molecule has 4 aromatic carbocycles. The minimum atomic E-state index is -3.95. The fourth-order valence-corrected chi connectivity index (χ4v) is 6.55. The van der Waals surface area contributed by atoms with Crippen molar-refractivity contribution in [2.24, 2.45) is 0 Å². The van der Waals surface area contributed by atoms with E-state index in [2.05, 4.69) is 16.3 Å². The average molecular weight is 789 g/mol. The molecule has 0 spiro atoms. The zero-order chi connectivity index (χ0) is 40.9. The Morgan fingerprint density at radius 2 is 1.29 bits per heavy atom. The summed E-state index contributed by atoms with van der Waals surface area (Å²) >= 11 is 0. The number of amides is 1. The van der Waals surface area contributed by atoms with E-state index in [1.165, 1.54) is 12.1 Å². The Morgan fingerprint density at radius 1 is 0.696 bits per heavy atom. The minimum Gasteiger partial charge on any atom is -0.491 e. The lowest BCUT2D eigenvalue weighted by atomic mass is 10.1. The molecule has 12 heteroatoms. The molecule has 0 heterocycles. The molecule has 0 bridgehead atoms. The molecule has 0 aliphatic carbocycles. The Bertz CT molecular complexity index is 2000. The van der Waals surface area contributed by atoms with E-state index in [0.29, 0.717) is 37.7 Å². The first-order valence-corrected chi connectivity index (χ1v) is 20.2. The van der Waals surface area contributed by atoms with Crippen LogP contribution in [0.2, 0.25) is 0 Å². The van der Waals surface area contributed by atoms with Crippen LogP contribution in [-0.2, 0) is 48.3 Å². The van der Waals surface area contributed by atoms with Gasteiger partial charge in [0.1, 0.15) is 48.6 Å². The molecule has 0 unspecified atom stereocenters. The highest BCUT2D eigenvalue weighted by atomic mass is 32.2. The van der Waals surface area contributed by atoms with Crippen LogP contribution in [-0.4, -0.2) is 62.4 Å². The Labute approximate surface area is 332 Å². The van der Waals surface area contributed by atoms with Crippen molar-refractivity contribution in [2.75, 3.05) is 19.8 Å². The Kier molecular flexibility index (Phi) is 15.5. The number of rotatable bonds is 18. The normalized spacial score (nSPS) is 12.5. The number of hydrogen-bond acceptors (Lipinski definition) is 10. The molecule has 0 saturated carbocycles. The van der Waals surface area contributed by atoms with Crippen molar-refractivity contribution in [3.63, 3.8) is 0 Å². The molecule has 0 radical (unpaired) electrons. The monoisotopic (exact) mass is 788 g/mol. The molecule has 302 valence electrons. The standard InChI is InChI=1S/C44H56N2O9S/c1-32-20-22-37(23-21-32)56(49,50)53-27-26-51-39-18-11-9-16-35(39)29-46(25-24-38(41(47)54-43(3,4)5)45-42(48)55-44(6,7)8)30-36-17-10-12-19-40(36)52-31-34-15-13-14-33(2)28-34/h9-23,28,38H,24-27,29-31H2,1-8H3,(H,45,48)/t38-/m1/s1. The summed E-state index contributed by atoms with van der Waals surface area (Å²) in [6.45, 7) is 15.8. The van der Waals surface area contributed by atoms with Crippen molar-refractivity contribution in [1.82, 2.24) is 10.2 Å². The summed E-state index contributed by atoms with van der Waals surface area (Å²) in [5.41, 5.74) is 3.32. The van der Waals surface area contributed by atoms with E-state index < -0.39 is 39.4 Å². The number of hydrogen-bond donors (Lipinski definition) is 1. The van der Waals surface area contributed by atoms with Crippen LogP contribution in [0.3, 0.4) is 0 Å². The number of carbonyl (C=O) groups excluding carboxylic acids is 2. The van der Waals surface area contributed by atoms with E-state index in [1.807, 2.05) is 80.6 Å². The molecule has 11 nitrogen and oxygen atoms in total. The summed E-state index contributed by atoms with van der Waals surface area (Å²) in [5, 5.41) is 2.73. The minimum absolute atomic E-state index is 0.0156. The molecule has 0 saturated heterocycles. The number of carbonyl (C=O) groups is 2. The van der Waals surface area contributed by atoms with Crippen LogP contribution < -0.4 is 14.8 Å². The Balaban J connectivity index is 1.56. The molecule has 1 amide bonds. The van der Waals surface area contributed by atoms with Crippen molar-refractivity contribution in [3.05, 3.63) is 125 Å². The van der Waals surface area contributed by atoms with Crippen LogP contribution in [0.5, 0.6) is 11.5 Å². The lowest BCUT2D eigenvalue weighted by Gasteiger charge is -2.29. The Hall–Kier alpha value is -4.91. The van der Waals surface area contributed by atoms with Gasteiger partial charge in [-0.15, -0.1) is 0 Å². The first-order chi connectivity index (χ1) is 26.4. The lowest BCUT2D eigenvalue weighted by Crippen LogP contribution is -2.47. The summed E-state index contributed by atoms with van der Waals surface area (Å²) in [5.74, 6) is 0.689. The van der Waals surface area contributed by atoms with Crippen LogP contribution >= 0.6 is 0 Å². The van der Waals surface area contributed by atoms with E-state index in [4.69, 9.17) is 23.1 Å². The molecular formula is C44H56N2O9S. The number of esters is 1. The van der Waals surface area contributed by atoms with Crippen LogP contribution in [0, 0.1) is 13.8 Å². The zero-order valence-corrected chi connectivity index (χ0v) is 34.6. The molecule has 0 aliphatic heterocycles. The quantitative estimate of drug-likeness (QED) is 0.0597. The number of nitrogens with zero attached hydrogens (tertiary/aromatic N) is 1. The molecule has 1 atom stereocenters. The number of para-hydroxylation sites is 2. The van der Waals surface area contributed by atoms with Gasteiger partial charge in [-0.05, 0) is 91.6 Å². The first kappa shape index (κ1) is 43.8. The van der Waals surface area contributed by atoms with Crippen molar-refractivity contribution >= 4 is 22.2 Å². The maximum absolute atomic E-state index is 13.5. The second-order valence-electron chi connectivity index (χ2n) is 15.7. The van der Waals surface area contributed by atoms with Gasteiger partial charge in [0, 0.05) is 30.8 Å². The summed E-state index contributed by atoms with van der Waals surface area (Å²) in [6.07, 6.45) is -0.519. The van der Waals surface area contributed by atoms with Gasteiger partial charge in [-0.1, -0.05) is 83.9 Å². The SMILES string of the molecule is Cc1ccc(S(=O)(=O)OCCOc2ccccc2CN(CC[C@@H](NC(=O)OC(C)(C)C)C(=O)OC(C)(C)C)Cc2ccccc2OCc2cccc(C)c2)cc1.